The van der Waals surface area contributed by atoms with Crippen molar-refractivity contribution in [3.8, 4) is 0 Å². The molecule has 0 aliphatic carbocycles. The number of hydrogen-bond donors (Lipinski definition) is 2. The molecule has 0 amide bonds. The molecule has 104 valence electrons. The molecule has 0 bridgehead atoms. The number of hydrogen-bond acceptors (Lipinski definition) is 5. The first kappa shape index (κ1) is 15.6. The van der Waals surface area contributed by atoms with Gasteiger partial charge < -0.3 is 14.3 Å². The highest BCUT2D eigenvalue weighted by Gasteiger charge is 2.24. The third-order valence-electron chi connectivity index (χ3n) is 2.08. The Morgan fingerprint density at radius 1 is 1.61 bits per heavy atom. The molecule has 1 aromatic rings. The van der Waals surface area contributed by atoms with Crippen molar-refractivity contribution in [2.75, 3.05) is 13.2 Å². The largest absolute Gasteiger partial charge is 0.450 e. The van der Waals surface area contributed by atoms with Crippen LogP contribution in [0.4, 0.5) is 0 Å². The highest BCUT2D eigenvalue weighted by molar-refractivity contribution is 9.10. The van der Waals surface area contributed by atoms with Gasteiger partial charge in [-0.2, -0.15) is 0 Å². The van der Waals surface area contributed by atoms with Crippen molar-refractivity contribution in [2.24, 2.45) is 0 Å². The minimum absolute atomic E-state index is 0.0325. The third kappa shape index (κ3) is 4.06. The van der Waals surface area contributed by atoms with E-state index in [0.29, 0.717) is 6.61 Å². The zero-order valence-electron chi connectivity index (χ0n) is 10.1. The lowest BCUT2D eigenvalue weighted by Gasteiger charge is -2.13. The molecule has 0 fully saturated rings. The highest BCUT2D eigenvalue weighted by atomic mass is 79.9. The Balaban J connectivity index is 2.82. The van der Waals surface area contributed by atoms with Crippen molar-refractivity contribution in [2.45, 2.75) is 31.4 Å². The van der Waals surface area contributed by atoms with Crippen molar-refractivity contribution >= 4 is 26.0 Å². The normalized spacial score (nSPS) is 13.8. The molecule has 0 spiro atoms. The number of halogens is 1. The van der Waals surface area contributed by atoms with Gasteiger partial charge in [-0.25, -0.2) is 13.1 Å². The van der Waals surface area contributed by atoms with Crippen molar-refractivity contribution < 1.29 is 22.7 Å². The van der Waals surface area contributed by atoms with Crippen LogP contribution in [-0.2, 0) is 21.4 Å². The smallest absolute Gasteiger partial charge is 0.245 e. The van der Waals surface area contributed by atoms with E-state index in [1.807, 2.05) is 6.92 Å². The zero-order chi connectivity index (χ0) is 13.8. The van der Waals surface area contributed by atoms with Crippen LogP contribution < -0.4 is 4.72 Å². The van der Waals surface area contributed by atoms with Crippen molar-refractivity contribution in [1.82, 2.24) is 4.72 Å². The molecule has 1 rings (SSSR count). The van der Waals surface area contributed by atoms with Gasteiger partial charge in [0.2, 0.25) is 10.0 Å². The van der Waals surface area contributed by atoms with Crippen LogP contribution in [0.2, 0.25) is 0 Å². The molecule has 1 heterocycles. The van der Waals surface area contributed by atoms with Gasteiger partial charge in [0.1, 0.15) is 17.3 Å². The summed E-state index contributed by atoms with van der Waals surface area (Å²) in [5.74, 6) is 0.180. The molecule has 0 aliphatic heterocycles. The Morgan fingerprint density at radius 3 is 2.78 bits per heavy atom. The molecule has 0 radical (unpaired) electrons. The standard InChI is InChI=1S/C10H16BrNO5S/c1-3-16-6-7(2)12-18(14,15)9-4-8(5-13)17-10(9)11/h4,7,12-13H,3,5-6H2,1-2H3. The SMILES string of the molecule is CCOCC(C)NS(=O)(=O)c1cc(CO)oc1Br. The second-order valence-corrected chi connectivity index (χ2v) is 6.09. The van der Waals surface area contributed by atoms with Crippen LogP contribution in [0.3, 0.4) is 0 Å². The number of aliphatic hydroxyl groups is 1. The molecule has 0 aromatic carbocycles. The Labute approximate surface area is 115 Å². The second-order valence-electron chi connectivity index (χ2n) is 3.69. The van der Waals surface area contributed by atoms with Gasteiger partial charge in [-0.15, -0.1) is 0 Å². The van der Waals surface area contributed by atoms with E-state index in [2.05, 4.69) is 20.7 Å². The molecule has 1 unspecified atom stereocenters. The Hall–Kier alpha value is -0.410. The third-order valence-corrected chi connectivity index (χ3v) is 4.53. The van der Waals surface area contributed by atoms with Crippen LogP contribution in [-0.4, -0.2) is 32.8 Å². The number of ether oxygens (including phenoxy) is 1. The van der Waals surface area contributed by atoms with Gasteiger partial charge in [-0.05, 0) is 29.8 Å². The first-order valence-corrected chi connectivity index (χ1v) is 7.67. The van der Waals surface area contributed by atoms with Gasteiger partial charge in [0.15, 0.2) is 4.67 Å². The molecule has 18 heavy (non-hydrogen) atoms. The summed E-state index contributed by atoms with van der Waals surface area (Å²) in [6.07, 6.45) is 0. The van der Waals surface area contributed by atoms with E-state index >= 15 is 0 Å². The Morgan fingerprint density at radius 2 is 2.28 bits per heavy atom. The molecule has 0 saturated heterocycles. The molecule has 1 atom stereocenters. The van der Waals surface area contributed by atoms with Gasteiger partial charge in [0.25, 0.3) is 0 Å². The summed E-state index contributed by atoms with van der Waals surface area (Å²) in [5, 5.41) is 8.89. The average Bonchev–Trinajstić information content (AvgIpc) is 2.68. The average molecular weight is 342 g/mol. The molecule has 1 aromatic heterocycles. The summed E-state index contributed by atoms with van der Waals surface area (Å²) in [6.45, 7) is 3.99. The van der Waals surface area contributed by atoms with Crippen molar-refractivity contribution in [1.29, 1.82) is 0 Å². The molecule has 0 saturated carbocycles. The molecular weight excluding hydrogens is 326 g/mol. The minimum atomic E-state index is -3.69. The van der Waals surface area contributed by atoms with E-state index in [0.717, 1.165) is 0 Å². The number of nitrogens with one attached hydrogen (secondary N) is 1. The van der Waals surface area contributed by atoms with Crippen LogP contribution in [0.5, 0.6) is 0 Å². The predicted octanol–water partition coefficient (Wildman–Crippen LogP) is 1.24. The lowest BCUT2D eigenvalue weighted by Crippen LogP contribution is -2.35. The Bertz CT molecular complexity index is 484. The monoisotopic (exact) mass is 341 g/mol. The summed E-state index contributed by atoms with van der Waals surface area (Å²) >= 11 is 3.01. The maximum Gasteiger partial charge on any atom is 0.245 e. The van der Waals surface area contributed by atoms with Crippen LogP contribution >= 0.6 is 15.9 Å². The van der Waals surface area contributed by atoms with Crippen LogP contribution in [0.25, 0.3) is 0 Å². The molecule has 6 nitrogen and oxygen atoms in total. The fraction of sp³-hybridized carbons (Fsp3) is 0.600. The number of furan rings is 1. The van der Waals surface area contributed by atoms with Gasteiger partial charge in [0.05, 0.1) is 6.61 Å². The summed E-state index contributed by atoms with van der Waals surface area (Å²) in [5.41, 5.74) is 0. The lowest BCUT2D eigenvalue weighted by molar-refractivity contribution is 0.133. The van der Waals surface area contributed by atoms with Crippen LogP contribution in [0, 0.1) is 0 Å². The molecule has 0 aliphatic rings. The quantitative estimate of drug-likeness (QED) is 0.778. The number of aliphatic hydroxyl groups excluding tert-OH is 1. The van der Waals surface area contributed by atoms with Crippen molar-refractivity contribution in [3.05, 3.63) is 16.5 Å². The van der Waals surface area contributed by atoms with Gasteiger partial charge >= 0.3 is 0 Å². The summed E-state index contributed by atoms with van der Waals surface area (Å²) in [7, 11) is -3.69. The van der Waals surface area contributed by atoms with Gasteiger partial charge in [-0.3, -0.25) is 0 Å². The first-order valence-electron chi connectivity index (χ1n) is 5.39. The van der Waals surface area contributed by atoms with Crippen LogP contribution in [0.1, 0.15) is 19.6 Å². The fourth-order valence-corrected chi connectivity index (χ4v) is 3.54. The first-order chi connectivity index (χ1) is 8.40. The maximum atomic E-state index is 12.0. The summed E-state index contributed by atoms with van der Waals surface area (Å²) in [6, 6.07) is 0.925. The van der Waals surface area contributed by atoms with E-state index in [4.69, 9.17) is 14.3 Å². The van der Waals surface area contributed by atoms with E-state index in [1.165, 1.54) is 6.07 Å². The minimum Gasteiger partial charge on any atom is -0.450 e. The topological polar surface area (TPSA) is 88.8 Å². The predicted molar refractivity (Wildman–Crippen MR) is 68.6 cm³/mol. The second kappa shape index (κ2) is 6.67. The molecular formula is C10H16BrNO5S. The van der Waals surface area contributed by atoms with Crippen LogP contribution in [0.15, 0.2) is 20.0 Å². The molecule has 8 heteroatoms. The number of sulfonamides is 1. The summed E-state index contributed by atoms with van der Waals surface area (Å²) in [4.78, 5) is -0.0325. The van der Waals surface area contributed by atoms with Crippen molar-refractivity contribution in [3.63, 3.8) is 0 Å². The van der Waals surface area contributed by atoms with E-state index in [1.54, 1.807) is 6.92 Å². The molecule has 2 N–H and O–H groups in total. The van der Waals surface area contributed by atoms with E-state index in [9.17, 15) is 8.42 Å². The number of rotatable bonds is 7. The zero-order valence-corrected chi connectivity index (χ0v) is 12.5. The fourth-order valence-electron chi connectivity index (χ4n) is 1.32. The van der Waals surface area contributed by atoms with E-state index < -0.39 is 10.0 Å². The highest BCUT2D eigenvalue weighted by Crippen LogP contribution is 2.26. The Kier molecular flexibility index (Phi) is 5.80. The van der Waals surface area contributed by atoms with Gasteiger partial charge in [-0.1, -0.05) is 0 Å². The summed E-state index contributed by atoms with van der Waals surface area (Å²) < 4.78 is 36.7. The van der Waals surface area contributed by atoms with Gasteiger partial charge in [0, 0.05) is 18.7 Å². The maximum absolute atomic E-state index is 12.0. The van der Waals surface area contributed by atoms with E-state index in [-0.39, 0.29) is 34.6 Å². The lowest BCUT2D eigenvalue weighted by atomic mass is 10.4.